The fourth-order valence-electron chi connectivity index (χ4n) is 2.17. The van der Waals surface area contributed by atoms with Gasteiger partial charge in [0.05, 0.1) is 13.2 Å². The highest BCUT2D eigenvalue weighted by molar-refractivity contribution is 4.92. The molecule has 0 bridgehead atoms. The van der Waals surface area contributed by atoms with Crippen LogP contribution in [0, 0.1) is 11.3 Å². The van der Waals surface area contributed by atoms with Gasteiger partial charge < -0.3 is 10.2 Å². The predicted octanol–water partition coefficient (Wildman–Crippen LogP) is 1.56. The van der Waals surface area contributed by atoms with Crippen LogP contribution in [-0.2, 0) is 0 Å². The van der Waals surface area contributed by atoms with Crippen molar-refractivity contribution in [1.82, 2.24) is 0 Å². The highest BCUT2D eigenvalue weighted by Crippen LogP contribution is 2.46. The Labute approximate surface area is 74.6 Å². The molecule has 1 rings (SSSR count). The van der Waals surface area contributed by atoms with Crippen LogP contribution in [0.5, 0.6) is 0 Å². The fraction of sp³-hybridized carbons (Fsp3) is 1.00. The molecule has 72 valence electrons. The molecule has 0 aromatic heterocycles. The molecule has 0 unspecified atom stereocenters. The van der Waals surface area contributed by atoms with Crippen LogP contribution in [0.3, 0.4) is 0 Å². The maximum Gasteiger partial charge on any atom is 0.0509 e. The number of unbranched alkanes of at least 4 members (excludes halogenated alkanes) is 1. The summed E-state index contributed by atoms with van der Waals surface area (Å²) in [7, 11) is 0. The highest BCUT2D eigenvalue weighted by Gasteiger charge is 2.42. The largest absolute Gasteiger partial charge is 0.396 e. The van der Waals surface area contributed by atoms with E-state index < -0.39 is 0 Å². The zero-order chi connectivity index (χ0) is 9.03. The molecule has 1 aliphatic rings. The van der Waals surface area contributed by atoms with Crippen molar-refractivity contribution in [3.05, 3.63) is 0 Å². The smallest absolute Gasteiger partial charge is 0.0509 e. The van der Waals surface area contributed by atoms with E-state index in [2.05, 4.69) is 6.92 Å². The average molecular weight is 172 g/mol. The lowest BCUT2D eigenvalue weighted by molar-refractivity contribution is -0.0513. The molecule has 2 nitrogen and oxygen atoms in total. The number of hydrogen-bond acceptors (Lipinski definition) is 2. The second kappa shape index (κ2) is 4.24. The third-order valence-corrected chi connectivity index (χ3v) is 3.08. The molecule has 2 N–H and O–H groups in total. The lowest BCUT2D eigenvalue weighted by Gasteiger charge is -2.45. The zero-order valence-corrected chi connectivity index (χ0v) is 7.92. The predicted molar refractivity (Wildman–Crippen MR) is 48.9 cm³/mol. The first-order valence-electron chi connectivity index (χ1n) is 4.98. The van der Waals surface area contributed by atoms with Gasteiger partial charge in [0.2, 0.25) is 0 Å². The minimum Gasteiger partial charge on any atom is -0.396 e. The summed E-state index contributed by atoms with van der Waals surface area (Å²) in [6.45, 7) is 2.52. The first-order chi connectivity index (χ1) is 5.76. The van der Waals surface area contributed by atoms with Crippen LogP contribution in [0.2, 0.25) is 0 Å². The molecule has 0 atom stereocenters. The van der Waals surface area contributed by atoms with E-state index in [0.717, 1.165) is 18.8 Å². The standard InChI is InChI=1S/C10H20O2/c1-2-3-4-9-5-10(6-9,7-11)8-12/h9,11-12H,2-8H2,1H3. The Morgan fingerprint density at radius 2 is 1.83 bits per heavy atom. The van der Waals surface area contributed by atoms with Gasteiger partial charge in [0.1, 0.15) is 0 Å². The Hall–Kier alpha value is -0.0800. The van der Waals surface area contributed by atoms with Crippen LogP contribution >= 0.6 is 0 Å². The molecule has 0 aromatic carbocycles. The summed E-state index contributed by atoms with van der Waals surface area (Å²) >= 11 is 0. The van der Waals surface area contributed by atoms with Crippen LogP contribution in [0.1, 0.15) is 39.0 Å². The number of rotatable bonds is 5. The van der Waals surface area contributed by atoms with Crippen molar-refractivity contribution in [3.8, 4) is 0 Å². The molecule has 1 saturated carbocycles. The Morgan fingerprint density at radius 1 is 1.25 bits per heavy atom. The fourth-order valence-corrected chi connectivity index (χ4v) is 2.17. The number of aliphatic hydroxyl groups excluding tert-OH is 2. The van der Waals surface area contributed by atoms with E-state index in [1.54, 1.807) is 0 Å². The Balaban J connectivity index is 2.16. The van der Waals surface area contributed by atoms with Crippen molar-refractivity contribution >= 4 is 0 Å². The van der Waals surface area contributed by atoms with Crippen LogP contribution in [-0.4, -0.2) is 23.4 Å². The van der Waals surface area contributed by atoms with Gasteiger partial charge in [-0.05, 0) is 18.8 Å². The summed E-state index contributed by atoms with van der Waals surface area (Å²) in [4.78, 5) is 0. The summed E-state index contributed by atoms with van der Waals surface area (Å²) in [6, 6.07) is 0. The molecular weight excluding hydrogens is 152 g/mol. The monoisotopic (exact) mass is 172 g/mol. The number of aliphatic hydroxyl groups is 2. The summed E-state index contributed by atoms with van der Waals surface area (Å²) in [5.74, 6) is 0.768. The first kappa shape index (κ1) is 10.0. The van der Waals surface area contributed by atoms with Gasteiger partial charge in [-0.15, -0.1) is 0 Å². The van der Waals surface area contributed by atoms with Gasteiger partial charge >= 0.3 is 0 Å². The second-order valence-electron chi connectivity index (χ2n) is 4.23. The minimum atomic E-state index is -0.113. The lowest BCUT2D eigenvalue weighted by atomic mass is 9.61. The topological polar surface area (TPSA) is 40.5 Å². The molecule has 0 aliphatic heterocycles. The minimum absolute atomic E-state index is 0.113. The Kier molecular flexibility index (Phi) is 3.53. The van der Waals surface area contributed by atoms with Crippen molar-refractivity contribution in [1.29, 1.82) is 0 Å². The Morgan fingerprint density at radius 3 is 2.25 bits per heavy atom. The maximum absolute atomic E-state index is 9.02. The zero-order valence-electron chi connectivity index (χ0n) is 7.92. The molecule has 0 saturated heterocycles. The van der Waals surface area contributed by atoms with Crippen LogP contribution < -0.4 is 0 Å². The third kappa shape index (κ3) is 1.99. The molecule has 12 heavy (non-hydrogen) atoms. The lowest BCUT2D eigenvalue weighted by Crippen LogP contribution is -2.43. The van der Waals surface area contributed by atoms with Crippen LogP contribution in [0.4, 0.5) is 0 Å². The van der Waals surface area contributed by atoms with E-state index >= 15 is 0 Å². The first-order valence-corrected chi connectivity index (χ1v) is 4.98. The molecular formula is C10H20O2. The van der Waals surface area contributed by atoms with Crippen LogP contribution in [0.25, 0.3) is 0 Å². The maximum atomic E-state index is 9.02. The van der Waals surface area contributed by atoms with E-state index in [0.29, 0.717) is 0 Å². The van der Waals surface area contributed by atoms with E-state index in [-0.39, 0.29) is 18.6 Å². The molecule has 0 aromatic rings. The Bertz CT molecular complexity index is 122. The summed E-state index contributed by atoms with van der Waals surface area (Å²) in [6.07, 6.45) is 5.87. The quantitative estimate of drug-likeness (QED) is 0.660. The van der Waals surface area contributed by atoms with Crippen molar-refractivity contribution in [2.75, 3.05) is 13.2 Å². The van der Waals surface area contributed by atoms with Crippen molar-refractivity contribution < 1.29 is 10.2 Å². The van der Waals surface area contributed by atoms with Gasteiger partial charge in [-0.3, -0.25) is 0 Å². The van der Waals surface area contributed by atoms with E-state index in [1.165, 1.54) is 19.3 Å². The molecule has 2 heteroatoms. The van der Waals surface area contributed by atoms with Gasteiger partial charge in [-0.1, -0.05) is 26.2 Å². The molecule has 0 heterocycles. The number of hydrogen-bond donors (Lipinski definition) is 2. The van der Waals surface area contributed by atoms with E-state index in [4.69, 9.17) is 10.2 Å². The van der Waals surface area contributed by atoms with Crippen molar-refractivity contribution in [2.24, 2.45) is 11.3 Å². The van der Waals surface area contributed by atoms with Crippen LogP contribution in [0.15, 0.2) is 0 Å². The average Bonchev–Trinajstić information content (AvgIpc) is 2.04. The molecule has 1 fully saturated rings. The highest BCUT2D eigenvalue weighted by atomic mass is 16.3. The van der Waals surface area contributed by atoms with Gasteiger partial charge in [0.25, 0.3) is 0 Å². The van der Waals surface area contributed by atoms with E-state index in [9.17, 15) is 0 Å². The normalized spacial score (nSPS) is 22.2. The summed E-state index contributed by atoms with van der Waals surface area (Å²) < 4.78 is 0. The molecule has 1 aliphatic carbocycles. The molecule has 0 spiro atoms. The molecule has 0 amide bonds. The molecule has 0 radical (unpaired) electrons. The van der Waals surface area contributed by atoms with Gasteiger partial charge in [0.15, 0.2) is 0 Å². The van der Waals surface area contributed by atoms with Gasteiger partial charge in [-0.25, -0.2) is 0 Å². The van der Waals surface area contributed by atoms with Gasteiger partial charge in [0, 0.05) is 5.41 Å². The van der Waals surface area contributed by atoms with Crippen molar-refractivity contribution in [2.45, 2.75) is 39.0 Å². The van der Waals surface area contributed by atoms with Gasteiger partial charge in [-0.2, -0.15) is 0 Å². The second-order valence-corrected chi connectivity index (χ2v) is 4.23. The summed E-state index contributed by atoms with van der Waals surface area (Å²) in [5, 5.41) is 18.0. The summed E-state index contributed by atoms with van der Waals surface area (Å²) in [5.41, 5.74) is -0.113. The third-order valence-electron chi connectivity index (χ3n) is 3.08. The van der Waals surface area contributed by atoms with Crippen molar-refractivity contribution in [3.63, 3.8) is 0 Å². The van der Waals surface area contributed by atoms with E-state index in [1.807, 2.05) is 0 Å². The SMILES string of the molecule is CCCCC1CC(CO)(CO)C1.